The largest absolute Gasteiger partial charge is 0.325 e. The zero-order valence-corrected chi connectivity index (χ0v) is 17.6. The monoisotopic (exact) mass is 401 g/mol. The van der Waals surface area contributed by atoms with E-state index in [0.29, 0.717) is 0 Å². The molecule has 0 spiro atoms. The van der Waals surface area contributed by atoms with E-state index in [1.165, 1.54) is 0 Å². The first-order valence-corrected chi connectivity index (χ1v) is 9.96. The summed E-state index contributed by atoms with van der Waals surface area (Å²) in [5.41, 5.74) is 4.61. The van der Waals surface area contributed by atoms with Crippen LogP contribution in [0.1, 0.15) is 12.5 Å². The quantitative estimate of drug-likeness (QED) is 0.610. The Hall–Kier alpha value is -3.44. The maximum absolute atomic E-state index is 12.8. The molecule has 3 aromatic rings. The van der Waals surface area contributed by atoms with Gasteiger partial charge in [0, 0.05) is 16.9 Å². The van der Waals surface area contributed by atoms with Crippen LogP contribution in [0.4, 0.5) is 11.4 Å². The van der Waals surface area contributed by atoms with Gasteiger partial charge in [-0.15, -0.1) is 0 Å². The number of hydrogen-bond acceptors (Lipinski definition) is 3. The average Bonchev–Trinajstić information content (AvgIpc) is 2.75. The fourth-order valence-corrected chi connectivity index (χ4v) is 3.10. The molecule has 0 fully saturated rings. The van der Waals surface area contributed by atoms with Gasteiger partial charge in [-0.1, -0.05) is 66.2 Å². The smallest absolute Gasteiger partial charge is 0.241 e. The Balaban J connectivity index is 1.62. The molecule has 3 aromatic carbocycles. The molecule has 154 valence electrons. The number of anilines is 2. The van der Waals surface area contributed by atoms with Gasteiger partial charge < -0.3 is 10.6 Å². The molecule has 0 saturated carbocycles. The van der Waals surface area contributed by atoms with Gasteiger partial charge in [0.1, 0.15) is 0 Å². The first kappa shape index (κ1) is 21.3. The maximum atomic E-state index is 12.8. The summed E-state index contributed by atoms with van der Waals surface area (Å²) in [6.07, 6.45) is 0. The molecule has 0 saturated heterocycles. The summed E-state index contributed by atoms with van der Waals surface area (Å²) in [6.45, 7) is 3.90. The highest BCUT2D eigenvalue weighted by Gasteiger charge is 2.21. The van der Waals surface area contributed by atoms with Crippen LogP contribution in [0.2, 0.25) is 0 Å². The number of nitrogens with one attached hydrogen (secondary N) is 2. The Kier molecular flexibility index (Phi) is 6.99. The predicted molar refractivity (Wildman–Crippen MR) is 122 cm³/mol. The number of nitrogens with zero attached hydrogens (tertiary/aromatic N) is 1. The van der Waals surface area contributed by atoms with Crippen LogP contribution in [0.15, 0.2) is 78.9 Å². The Morgan fingerprint density at radius 1 is 0.867 bits per heavy atom. The third-order valence-electron chi connectivity index (χ3n) is 5.04. The SMILES string of the molecule is Cc1ccc(NC(=O)CN(C)[C@@H](C)C(=O)Nc2ccccc2-c2ccccc2)cc1. The van der Waals surface area contributed by atoms with Crippen molar-refractivity contribution in [2.24, 2.45) is 0 Å². The lowest BCUT2D eigenvalue weighted by Crippen LogP contribution is -2.43. The van der Waals surface area contributed by atoms with Crippen molar-refractivity contribution >= 4 is 23.2 Å². The van der Waals surface area contributed by atoms with Gasteiger partial charge in [-0.25, -0.2) is 0 Å². The van der Waals surface area contributed by atoms with Gasteiger partial charge in [-0.2, -0.15) is 0 Å². The number of amides is 2. The van der Waals surface area contributed by atoms with Crippen LogP contribution >= 0.6 is 0 Å². The molecule has 1 atom stereocenters. The maximum Gasteiger partial charge on any atom is 0.241 e. The number of benzene rings is 3. The van der Waals surface area contributed by atoms with Gasteiger partial charge >= 0.3 is 0 Å². The Morgan fingerprint density at radius 2 is 1.50 bits per heavy atom. The van der Waals surface area contributed by atoms with Crippen LogP contribution in [0, 0.1) is 6.92 Å². The first-order valence-electron chi connectivity index (χ1n) is 9.96. The molecule has 30 heavy (non-hydrogen) atoms. The topological polar surface area (TPSA) is 61.4 Å². The second-order valence-electron chi connectivity index (χ2n) is 7.41. The van der Waals surface area contributed by atoms with Gasteiger partial charge in [-0.05, 0) is 44.7 Å². The van der Waals surface area contributed by atoms with Crippen LogP contribution < -0.4 is 10.6 Å². The molecule has 2 N–H and O–H groups in total. The average molecular weight is 402 g/mol. The molecule has 5 heteroatoms. The number of carbonyl (C=O) groups is 2. The van der Waals surface area contributed by atoms with Gasteiger partial charge in [0.15, 0.2) is 0 Å². The van der Waals surface area contributed by atoms with Gasteiger partial charge in [-0.3, -0.25) is 14.5 Å². The molecule has 0 radical (unpaired) electrons. The zero-order valence-electron chi connectivity index (χ0n) is 17.6. The standard InChI is InChI=1S/C25H27N3O2/c1-18-13-15-21(16-14-18)26-24(29)17-28(3)19(2)25(30)27-23-12-8-7-11-22(23)20-9-5-4-6-10-20/h4-16,19H,17H2,1-3H3,(H,26,29)(H,27,30)/t19-/m0/s1. The van der Waals surface area contributed by atoms with E-state index in [-0.39, 0.29) is 18.4 Å². The van der Waals surface area contributed by atoms with Gasteiger partial charge in [0.05, 0.1) is 12.6 Å². The van der Waals surface area contributed by atoms with E-state index in [1.54, 1.807) is 18.9 Å². The van der Waals surface area contributed by atoms with E-state index in [0.717, 1.165) is 28.1 Å². The van der Waals surface area contributed by atoms with E-state index in [4.69, 9.17) is 0 Å². The number of aryl methyl sites for hydroxylation is 1. The van der Waals surface area contributed by atoms with E-state index in [2.05, 4.69) is 10.6 Å². The van der Waals surface area contributed by atoms with Crippen LogP contribution in [-0.2, 0) is 9.59 Å². The second-order valence-corrected chi connectivity index (χ2v) is 7.41. The molecule has 0 aliphatic heterocycles. The van der Waals surface area contributed by atoms with E-state index in [9.17, 15) is 9.59 Å². The summed E-state index contributed by atoms with van der Waals surface area (Å²) in [4.78, 5) is 26.9. The lowest BCUT2D eigenvalue weighted by Gasteiger charge is -2.24. The summed E-state index contributed by atoms with van der Waals surface area (Å²) < 4.78 is 0. The second kappa shape index (κ2) is 9.85. The highest BCUT2D eigenvalue weighted by molar-refractivity contribution is 5.99. The third-order valence-corrected chi connectivity index (χ3v) is 5.04. The van der Waals surface area contributed by atoms with Crippen molar-refractivity contribution in [3.05, 3.63) is 84.4 Å². The van der Waals surface area contributed by atoms with Crippen molar-refractivity contribution in [3.63, 3.8) is 0 Å². The molecular formula is C25H27N3O2. The number of carbonyl (C=O) groups excluding carboxylic acids is 2. The van der Waals surface area contributed by atoms with Crippen molar-refractivity contribution in [2.45, 2.75) is 19.9 Å². The fourth-order valence-electron chi connectivity index (χ4n) is 3.10. The molecule has 2 amide bonds. The Labute approximate surface area is 177 Å². The molecule has 0 heterocycles. The third kappa shape index (κ3) is 5.55. The molecule has 0 aliphatic rings. The van der Waals surface area contributed by atoms with Gasteiger partial charge in [0.2, 0.25) is 11.8 Å². The molecule has 0 unspecified atom stereocenters. The minimum absolute atomic E-state index is 0.114. The Morgan fingerprint density at radius 3 is 2.20 bits per heavy atom. The normalized spacial score (nSPS) is 11.7. The zero-order chi connectivity index (χ0) is 21.5. The van der Waals surface area contributed by atoms with E-state index in [1.807, 2.05) is 85.8 Å². The van der Waals surface area contributed by atoms with Crippen molar-refractivity contribution < 1.29 is 9.59 Å². The summed E-state index contributed by atoms with van der Waals surface area (Å²) in [5.74, 6) is -0.324. The van der Waals surface area contributed by atoms with E-state index >= 15 is 0 Å². The summed E-state index contributed by atoms with van der Waals surface area (Å²) in [7, 11) is 1.77. The Bertz CT molecular complexity index is 1000. The molecular weight excluding hydrogens is 374 g/mol. The molecule has 3 rings (SSSR count). The lowest BCUT2D eigenvalue weighted by molar-refractivity contribution is -0.122. The van der Waals surface area contributed by atoms with Crippen molar-refractivity contribution in [1.82, 2.24) is 4.90 Å². The van der Waals surface area contributed by atoms with Gasteiger partial charge in [0.25, 0.3) is 0 Å². The lowest BCUT2D eigenvalue weighted by atomic mass is 10.0. The fraction of sp³-hybridized carbons (Fsp3) is 0.200. The van der Waals surface area contributed by atoms with Crippen molar-refractivity contribution in [1.29, 1.82) is 0 Å². The minimum Gasteiger partial charge on any atom is -0.325 e. The molecule has 5 nitrogen and oxygen atoms in total. The van der Waals surface area contributed by atoms with Crippen LogP contribution in [-0.4, -0.2) is 36.3 Å². The summed E-state index contributed by atoms with van der Waals surface area (Å²) >= 11 is 0. The summed E-state index contributed by atoms with van der Waals surface area (Å²) in [5, 5.41) is 5.87. The molecule has 0 aromatic heterocycles. The number of para-hydroxylation sites is 1. The van der Waals surface area contributed by atoms with Crippen LogP contribution in [0.25, 0.3) is 11.1 Å². The first-order chi connectivity index (χ1) is 14.4. The number of rotatable bonds is 7. The van der Waals surface area contributed by atoms with Crippen LogP contribution in [0.5, 0.6) is 0 Å². The van der Waals surface area contributed by atoms with Crippen LogP contribution in [0.3, 0.4) is 0 Å². The molecule has 0 aliphatic carbocycles. The number of likely N-dealkylation sites (N-methyl/N-ethyl adjacent to an activating group) is 1. The molecule has 0 bridgehead atoms. The summed E-state index contributed by atoms with van der Waals surface area (Å²) in [6, 6.07) is 24.8. The number of hydrogen-bond donors (Lipinski definition) is 2. The van der Waals surface area contributed by atoms with Crippen molar-refractivity contribution in [2.75, 3.05) is 24.2 Å². The van der Waals surface area contributed by atoms with E-state index < -0.39 is 6.04 Å². The minimum atomic E-state index is -0.474. The van der Waals surface area contributed by atoms with Crippen molar-refractivity contribution in [3.8, 4) is 11.1 Å². The highest BCUT2D eigenvalue weighted by Crippen LogP contribution is 2.27. The predicted octanol–water partition coefficient (Wildman–Crippen LogP) is 4.56. The highest BCUT2D eigenvalue weighted by atomic mass is 16.2.